The number of nitrogens with two attached hydrogens (primary N) is 3. The number of ether oxygens (including phenoxy) is 11. The van der Waals surface area contributed by atoms with Crippen LogP contribution in [0.5, 0.6) is 0 Å². The number of esters is 1. The van der Waals surface area contributed by atoms with Crippen LogP contribution in [0.1, 0.15) is 156 Å². The Kier molecular flexibility index (Phi) is 38.0. The molecule has 674 valence electrons. The van der Waals surface area contributed by atoms with Crippen LogP contribution in [0, 0.1) is 35.5 Å². The molecule has 4 aliphatic heterocycles. The molecule has 0 radical (unpaired) electrons. The standard InChI is InChI=1S/C88H131N13O21/c1-56-16-10-9-11-17-57(2)73(111-7)51-66-23-20-61(6)88(110,122-66)82(107)85(108)100-29-14-12-19-69(100)86(109)120-74(52-70(102)58(3)47-60(5)80(105)81(106)79(104)59(4)46-56)67(89)48-63-21-24-72(75(49-63)112-8)119-33-15-13-18-65-54-99(97-95-65)32-35-114-37-39-116-41-43-118-45-44-117-42-40-115-38-36-113-34-28-76(103)98-30-26-62(27-31-98)53-101-84-77(83(90)92-55-93-84)78(96-101)64-22-25-71-68(50-64)94-87(91)121-71/h9-11,16-17,22,25,47,50,54-56,58-59,61-63,66-67,69,72-75,80-81,105-106,110H,12-15,18-21,23-24,26-46,48-49,51-53,89H2,1-8H3,(H2,91,94)(H2,90,92,93)/b11-9?,16-10+,57-17?,60-47+/t56-,58-,59-,61-,63+,66+,67-,69+,72-,73+,74+,75-,80-,81+,88-/m1/s1. The van der Waals surface area contributed by atoms with E-state index in [2.05, 4.69) is 25.3 Å². The molecule has 10 rings (SSSR count). The summed E-state index contributed by atoms with van der Waals surface area (Å²) in [6.45, 7) is 18.2. The van der Waals surface area contributed by atoms with Gasteiger partial charge in [-0.3, -0.25) is 24.0 Å². The van der Waals surface area contributed by atoms with Crippen molar-refractivity contribution in [2.24, 2.45) is 41.2 Å². The first-order valence-corrected chi connectivity index (χ1v) is 43.6. The number of aliphatic hydroxyl groups is 3. The Morgan fingerprint density at radius 3 is 2.14 bits per heavy atom. The molecule has 1 aromatic carbocycles. The molecule has 34 nitrogen and oxygen atoms in total. The van der Waals surface area contributed by atoms with Gasteiger partial charge < -0.3 is 98.8 Å². The van der Waals surface area contributed by atoms with Crippen molar-refractivity contribution in [1.82, 2.24) is 49.5 Å². The summed E-state index contributed by atoms with van der Waals surface area (Å²) in [6, 6.07) is 3.51. The second-order valence-electron chi connectivity index (χ2n) is 33.3. The minimum absolute atomic E-state index is 0.0261. The van der Waals surface area contributed by atoms with Crippen LogP contribution in [-0.4, -0.2) is 280 Å². The number of benzene rings is 1. The summed E-state index contributed by atoms with van der Waals surface area (Å²) >= 11 is 0. The Hall–Kier alpha value is -8.20. The second kappa shape index (κ2) is 48.3. The molecule has 4 aromatic heterocycles. The van der Waals surface area contributed by atoms with E-state index < -0.39 is 95.4 Å². The molecule has 4 fully saturated rings. The molecular weight excluding hydrogens is 1580 g/mol. The summed E-state index contributed by atoms with van der Waals surface area (Å²) in [5.74, 6) is -8.20. The first-order chi connectivity index (χ1) is 58.8. The van der Waals surface area contributed by atoms with Crippen LogP contribution >= 0.6 is 0 Å². The number of nitrogens with zero attached hydrogens (tertiary/aromatic N) is 10. The summed E-state index contributed by atoms with van der Waals surface area (Å²) in [7, 11) is 3.20. The maximum atomic E-state index is 14.7. The predicted molar refractivity (Wildman–Crippen MR) is 452 cm³/mol. The SMILES string of the molecule is CO[C@H]1C[C@@H]2CC[C@@H](C)[C@@](O)(O2)C(=O)C(=O)N2CCCC[C@H]2C(=O)O[C@H]([C@H](N)C[C@@H]2CC[C@@H](OCCCCc3cn(CCOCCOCCOCCOCCOCCOCCC(=O)N4CCC(Cn5nc(-c6ccc7oc(N)nc7c6)c6c(N)ncnc65)CC4)nn3)[C@H](OC)C2)CC(=O)[C@H](C)/C=C(\C)[C@@H](O)[C@@H](O)C(=O)[C@H](C)C[C@H](C)/C=C/C=CC=C1C. The van der Waals surface area contributed by atoms with Crippen molar-refractivity contribution in [3.8, 4) is 11.3 Å². The number of fused-ring (bicyclic) bond motifs is 5. The van der Waals surface area contributed by atoms with Gasteiger partial charge in [0, 0.05) is 95.4 Å². The third kappa shape index (κ3) is 27.6. The van der Waals surface area contributed by atoms with Gasteiger partial charge in [-0.2, -0.15) is 10.1 Å². The fraction of sp³-hybridized carbons (Fsp3) is 0.682. The number of likely N-dealkylation sites (tertiary alicyclic amines) is 1. The number of hydrogen-bond donors (Lipinski definition) is 6. The third-order valence-corrected chi connectivity index (χ3v) is 24.1. The van der Waals surface area contributed by atoms with Crippen molar-refractivity contribution in [3.05, 3.63) is 84.0 Å². The number of aliphatic hydroxyl groups excluding tert-OH is 2. The van der Waals surface area contributed by atoms with Gasteiger partial charge in [-0.1, -0.05) is 69.4 Å². The lowest BCUT2D eigenvalue weighted by atomic mass is 9.80. The molecule has 1 aliphatic carbocycles. The predicted octanol–water partition coefficient (Wildman–Crippen LogP) is 7.40. The van der Waals surface area contributed by atoms with E-state index in [1.54, 1.807) is 45.7 Å². The number of amides is 2. The first-order valence-electron chi connectivity index (χ1n) is 43.6. The topological polar surface area (TPSA) is 450 Å². The number of methoxy groups -OCH3 is 2. The van der Waals surface area contributed by atoms with Gasteiger partial charge in [0.05, 0.1) is 128 Å². The number of Topliss-reactive ketones (excluding diaryl/α,β-unsaturated/α-hetero) is 3. The number of rotatable bonds is 35. The van der Waals surface area contributed by atoms with Crippen molar-refractivity contribution in [1.29, 1.82) is 0 Å². The molecule has 0 spiro atoms. The molecule has 0 unspecified atom stereocenters. The molecule has 9 N–H and O–H groups in total. The average Bonchev–Trinajstić information content (AvgIpc) is 1.72. The number of anilines is 2. The van der Waals surface area contributed by atoms with Crippen molar-refractivity contribution in [3.63, 3.8) is 0 Å². The monoisotopic (exact) mass is 1710 g/mol. The molecular formula is C88H131N13O21. The van der Waals surface area contributed by atoms with Crippen LogP contribution in [-0.2, 0) is 100 Å². The van der Waals surface area contributed by atoms with Gasteiger partial charge >= 0.3 is 5.97 Å². The van der Waals surface area contributed by atoms with Crippen LogP contribution in [0.4, 0.5) is 11.8 Å². The van der Waals surface area contributed by atoms with Gasteiger partial charge in [-0.25, -0.2) is 24.1 Å². The van der Waals surface area contributed by atoms with Crippen LogP contribution in [0.2, 0.25) is 0 Å². The Labute approximate surface area is 714 Å². The van der Waals surface area contributed by atoms with Gasteiger partial charge in [-0.15, -0.1) is 5.10 Å². The van der Waals surface area contributed by atoms with E-state index in [1.165, 1.54) is 19.3 Å². The van der Waals surface area contributed by atoms with E-state index in [-0.39, 0.29) is 73.3 Å². The van der Waals surface area contributed by atoms with Crippen molar-refractivity contribution < 1.29 is 101 Å². The van der Waals surface area contributed by atoms with E-state index in [0.717, 1.165) is 47.4 Å². The maximum absolute atomic E-state index is 14.7. The van der Waals surface area contributed by atoms with E-state index in [0.29, 0.717) is 216 Å². The normalized spacial score (nSPS) is 27.4. The maximum Gasteiger partial charge on any atom is 0.329 e. The van der Waals surface area contributed by atoms with Crippen LogP contribution in [0.3, 0.4) is 0 Å². The van der Waals surface area contributed by atoms with Crippen molar-refractivity contribution in [2.45, 2.75) is 231 Å². The van der Waals surface area contributed by atoms with Gasteiger partial charge in [-0.05, 0) is 157 Å². The lowest BCUT2D eigenvalue weighted by molar-refractivity contribution is -0.265. The number of piperidine rings is 2. The number of hydrogen-bond acceptors (Lipinski definition) is 30. The van der Waals surface area contributed by atoms with Crippen molar-refractivity contribution >= 4 is 69.1 Å². The van der Waals surface area contributed by atoms with Crippen LogP contribution in [0.15, 0.2) is 82.7 Å². The fourth-order valence-electron chi connectivity index (χ4n) is 16.8. The molecule has 1 saturated carbocycles. The molecule has 3 saturated heterocycles. The van der Waals surface area contributed by atoms with Crippen LogP contribution < -0.4 is 17.2 Å². The number of aryl methyl sites for hydroxylation is 1. The van der Waals surface area contributed by atoms with E-state index >= 15 is 0 Å². The largest absolute Gasteiger partial charge is 0.459 e. The van der Waals surface area contributed by atoms with Gasteiger partial charge in [0.25, 0.3) is 17.7 Å². The average molecular weight is 1710 g/mol. The minimum atomic E-state index is -2.49. The number of carbonyl (C=O) groups excluding carboxylic acids is 6. The molecule has 2 amide bonds. The molecule has 15 atom stereocenters. The number of unbranched alkanes of at least 4 members (excludes halogenated alkanes) is 1. The number of cyclic esters (lactones) is 1. The number of aromatic nitrogens is 8. The summed E-state index contributed by atoms with van der Waals surface area (Å²) < 4.78 is 74.0. The highest BCUT2D eigenvalue weighted by Gasteiger charge is 2.53. The smallest absolute Gasteiger partial charge is 0.329 e. The number of ketones is 3. The Morgan fingerprint density at radius 2 is 1.43 bits per heavy atom. The first kappa shape index (κ1) is 96.0. The summed E-state index contributed by atoms with van der Waals surface area (Å²) in [6.07, 6.45) is 16.9. The third-order valence-electron chi connectivity index (χ3n) is 24.1. The zero-order valence-corrected chi connectivity index (χ0v) is 72.4. The van der Waals surface area contributed by atoms with Crippen LogP contribution in [0.25, 0.3) is 33.4 Å². The van der Waals surface area contributed by atoms with E-state index in [9.17, 15) is 44.1 Å². The zero-order chi connectivity index (χ0) is 87.2. The molecule has 5 aromatic rings. The molecule has 2 bridgehead atoms. The van der Waals surface area contributed by atoms with Crippen molar-refractivity contribution in [2.75, 3.05) is 131 Å². The molecule has 34 heteroatoms. The fourth-order valence-corrected chi connectivity index (χ4v) is 16.8. The Morgan fingerprint density at radius 1 is 0.730 bits per heavy atom. The quantitative estimate of drug-likeness (QED) is 0.00995. The number of allylic oxidation sites excluding steroid dienone is 6. The summed E-state index contributed by atoms with van der Waals surface area (Å²) in [5.41, 5.74) is 24.4. The van der Waals surface area contributed by atoms with E-state index in [1.807, 2.05) is 72.1 Å². The zero-order valence-electron chi connectivity index (χ0n) is 72.4. The Bertz CT molecular complexity index is 4290. The number of oxazole rings is 1. The lowest BCUT2D eigenvalue weighted by Crippen LogP contribution is -2.61. The summed E-state index contributed by atoms with van der Waals surface area (Å²) in [4.78, 5) is 101. The second-order valence-corrected chi connectivity index (χ2v) is 33.3. The summed E-state index contributed by atoms with van der Waals surface area (Å²) in [5, 5.41) is 48.9. The highest BCUT2D eigenvalue weighted by Crippen LogP contribution is 2.39. The number of nitrogen functional groups attached to an aromatic ring is 2. The van der Waals surface area contributed by atoms with E-state index in [4.69, 9.17) is 78.8 Å². The minimum Gasteiger partial charge on any atom is -0.459 e. The van der Waals surface area contributed by atoms with Gasteiger partial charge in [0.1, 0.15) is 53.5 Å². The van der Waals surface area contributed by atoms with Gasteiger partial charge in [0.2, 0.25) is 11.7 Å². The number of carbonyl (C=O) groups is 6. The highest BCUT2D eigenvalue weighted by molar-refractivity contribution is 6.39. The van der Waals surface area contributed by atoms with Gasteiger partial charge in [0.15, 0.2) is 17.0 Å². The molecule has 8 heterocycles. The lowest BCUT2D eigenvalue weighted by Gasteiger charge is -2.42. The Balaban J connectivity index is 0.569. The highest BCUT2D eigenvalue weighted by atomic mass is 16.6. The molecule has 5 aliphatic rings. The molecule has 122 heavy (non-hydrogen) atoms.